The van der Waals surface area contributed by atoms with Crippen molar-refractivity contribution in [2.75, 3.05) is 6.61 Å². The number of aldehydes is 1. The van der Waals surface area contributed by atoms with Crippen LogP contribution in [0.2, 0.25) is 0 Å². The zero-order valence-electron chi connectivity index (χ0n) is 10.6. The van der Waals surface area contributed by atoms with Crippen LogP contribution in [0.25, 0.3) is 6.08 Å². The van der Waals surface area contributed by atoms with Crippen molar-refractivity contribution in [1.29, 1.82) is 0 Å². The van der Waals surface area contributed by atoms with Crippen LogP contribution in [0.4, 0.5) is 0 Å². The lowest BCUT2D eigenvalue weighted by molar-refractivity contribution is -0.107. The monoisotopic (exact) mass is 250 g/mol. The molecule has 0 spiro atoms. The highest BCUT2D eigenvalue weighted by molar-refractivity contribution is 5.91. The van der Waals surface area contributed by atoms with E-state index >= 15 is 0 Å². The number of carbonyl (C=O) groups excluding carboxylic acids is 2. The minimum atomic E-state index is -0.375. The van der Waals surface area contributed by atoms with Gasteiger partial charge in [-0.05, 0) is 38.3 Å². The number of unbranched alkanes of at least 4 members (excludes halogenated alkanes) is 3. The molecule has 0 radical (unpaired) electrons. The van der Waals surface area contributed by atoms with E-state index in [0.717, 1.165) is 25.5 Å². The summed E-state index contributed by atoms with van der Waals surface area (Å²) in [6.45, 7) is 5.66. The van der Waals surface area contributed by atoms with Crippen molar-refractivity contribution in [1.82, 2.24) is 0 Å². The Labute approximate surface area is 107 Å². The molecule has 0 aliphatic rings. The van der Waals surface area contributed by atoms with Crippen LogP contribution in [-0.2, 0) is 9.53 Å². The number of esters is 1. The van der Waals surface area contributed by atoms with E-state index in [4.69, 9.17) is 9.15 Å². The van der Waals surface area contributed by atoms with Gasteiger partial charge < -0.3 is 13.9 Å². The maximum Gasteiger partial charge on any atom is 0.341 e. The lowest BCUT2D eigenvalue weighted by atomic mass is 10.2. The largest absolute Gasteiger partial charge is 0.462 e. The van der Waals surface area contributed by atoms with Crippen molar-refractivity contribution in [3.05, 3.63) is 29.7 Å². The van der Waals surface area contributed by atoms with Crippen molar-refractivity contribution in [2.45, 2.75) is 32.6 Å². The van der Waals surface area contributed by atoms with Crippen LogP contribution in [0.1, 0.15) is 47.6 Å². The van der Waals surface area contributed by atoms with Gasteiger partial charge in [0, 0.05) is 6.42 Å². The fraction of sp³-hybridized carbons (Fsp3) is 0.429. The minimum absolute atomic E-state index is 0.367. The first-order chi connectivity index (χ1) is 8.69. The minimum Gasteiger partial charge on any atom is -0.462 e. The average molecular weight is 250 g/mol. The second kappa shape index (κ2) is 7.48. The number of ether oxygens (including phenoxy) is 1. The van der Waals surface area contributed by atoms with Crippen LogP contribution in [0.5, 0.6) is 0 Å². The summed E-state index contributed by atoms with van der Waals surface area (Å²) in [5.74, 6) is 0.723. The van der Waals surface area contributed by atoms with Gasteiger partial charge in [0.2, 0.25) is 0 Å². The third kappa shape index (κ3) is 4.20. The normalized spacial score (nSPS) is 10.1. The topological polar surface area (TPSA) is 56.5 Å². The number of aryl methyl sites for hydroxylation is 1. The molecule has 0 saturated heterocycles. The van der Waals surface area contributed by atoms with Crippen molar-refractivity contribution in [3.63, 3.8) is 0 Å². The van der Waals surface area contributed by atoms with E-state index in [1.54, 1.807) is 19.1 Å². The highest BCUT2D eigenvalue weighted by atomic mass is 16.5. The van der Waals surface area contributed by atoms with E-state index < -0.39 is 0 Å². The molecule has 0 fully saturated rings. The highest BCUT2D eigenvalue weighted by Gasteiger charge is 2.14. The maximum absolute atomic E-state index is 11.7. The van der Waals surface area contributed by atoms with Crippen LogP contribution in [0.3, 0.4) is 0 Å². The van der Waals surface area contributed by atoms with E-state index in [1.807, 2.05) is 0 Å². The molecule has 0 bridgehead atoms. The molecule has 0 saturated carbocycles. The van der Waals surface area contributed by atoms with Crippen LogP contribution >= 0.6 is 0 Å². The molecule has 0 unspecified atom stereocenters. The Kier molecular flexibility index (Phi) is 5.91. The Hall–Kier alpha value is -1.84. The van der Waals surface area contributed by atoms with Gasteiger partial charge in [-0.1, -0.05) is 6.58 Å². The number of hydrogen-bond acceptors (Lipinski definition) is 4. The standard InChI is InChI=1S/C14H18O4/c1-3-12-10-13(11(2)18-12)14(16)17-9-7-5-4-6-8-15/h3,8,10H,1,4-7,9H2,2H3. The number of carbonyl (C=O) groups is 2. The molecule has 0 atom stereocenters. The molecule has 1 aromatic rings. The van der Waals surface area contributed by atoms with Gasteiger partial charge in [0.1, 0.15) is 23.4 Å². The highest BCUT2D eigenvalue weighted by Crippen LogP contribution is 2.16. The Morgan fingerprint density at radius 2 is 2.22 bits per heavy atom. The molecular formula is C14H18O4. The van der Waals surface area contributed by atoms with Gasteiger partial charge in [0.15, 0.2) is 0 Å². The van der Waals surface area contributed by atoms with E-state index in [2.05, 4.69) is 6.58 Å². The van der Waals surface area contributed by atoms with Crippen LogP contribution in [0.15, 0.2) is 17.1 Å². The summed E-state index contributed by atoms with van der Waals surface area (Å²) in [4.78, 5) is 21.8. The number of hydrogen-bond donors (Lipinski definition) is 0. The molecule has 4 heteroatoms. The second-order valence-corrected chi connectivity index (χ2v) is 3.97. The predicted molar refractivity (Wildman–Crippen MR) is 68.4 cm³/mol. The Balaban J connectivity index is 2.33. The van der Waals surface area contributed by atoms with Crippen LogP contribution in [0, 0.1) is 6.92 Å². The van der Waals surface area contributed by atoms with Crippen molar-refractivity contribution < 1.29 is 18.7 Å². The van der Waals surface area contributed by atoms with Gasteiger partial charge >= 0.3 is 5.97 Å². The van der Waals surface area contributed by atoms with Gasteiger partial charge in [0.25, 0.3) is 0 Å². The van der Waals surface area contributed by atoms with Crippen molar-refractivity contribution in [2.24, 2.45) is 0 Å². The maximum atomic E-state index is 11.7. The first-order valence-corrected chi connectivity index (χ1v) is 6.02. The smallest absolute Gasteiger partial charge is 0.341 e. The molecule has 1 rings (SSSR count). The summed E-state index contributed by atoms with van der Waals surface area (Å²) in [6, 6.07) is 1.62. The quantitative estimate of drug-likeness (QED) is 0.404. The van der Waals surface area contributed by atoms with Crippen LogP contribution < -0.4 is 0 Å². The fourth-order valence-corrected chi connectivity index (χ4v) is 1.56. The van der Waals surface area contributed by atoms with E-state index in [-0.39, 0.29) is 5.97 Å². The zero-order valence-corrected chi connectivity index (χ0v) is 10.6. The zero-order chi connectivity index (χ0) is 13.4. The third-order valence-corrected chi connectivity index (χ3v) is 2.56. The summed E-state index contributed by atoms with van der Waals surface area (Å²) in [7, 11) is 0. The predicted octanol–water partition coefficient (Wildman–Crippen LogP) is 3.15. The van der Waals surface area contributed by atoms with E-state index in [9.17, 15) is 9.59 Å². The Morgan fingerprint density at radius 1 is 1.44 bits per heavy atom. The van der Waals surface area contributed by atoms with Crippen LogP contribution in [-0.4, -0.2) is 18.9 Å². The Bertz CT molecular complexity index is 417. The molecule has 1 heterocycles. The van der Waals surface area contributed by atoms with Crippen molar-refractivity contribution >= 4 is 18.3 Å². The molecule has 0 amide bonds. The summed E-state index contributed by atoms with van der Waals surface area (Å²) >= 11 is 0. The molecular weight excluding hydrogens is 232 g/mol. The molecule has 98 valence electrons. The summed E-state index contributed by atoms with van der Waals surface area (Å²) in [5.41, 5.74) is 0.442. The second-order valence-electron chi connectivity index (χ2n) is 3.97. The summed E-state index contributed by atoms with van der Waals surface area (Å²) in [6.07, 6.45) is 5.50. The average Bonchev–Trinajstić information content (AvgIpc) is 2.75. The van der Waals surface area contributed by atoms with E-state index in [0.29, 0.717) is 30.1 Å². The molecule has 1 aromatic heterocycles. The summed E-state index contributed by atoms with van der Waals surface area (Å²) in [5, 5.41) is 0. The van der Waals surface area contributed by atoms with Gasteiger partial charge in [-0.15, -0.1) is 0 Å². The lowest BCUT2D eigenvalue weighted by Crippen LogP contribution is -2.06. The van der Waals surface area contributed by atoms with Gasteiger partial charge in [0.05, 0.1) is 6.61 Å². The lowest BCUT2D eigenvalue weighted by Gasteiger charge is -2.02. The number of furan rings is 1. The first kappa shape index (κ1) is 14.2. The number of rotatable bonds is 8. The third-order valence-electron chi connectivity index (χ3n) is 2.56. The summed E-state index contributed by atoms with van der Waals surface area (Å²) < 4.78 is 10.4. The molecule has 0 N–H and O–H groups in total. The van der Waals surface area contributed by atoms with E-state index in [1.165, 1.54) is 0 Å². The first-order valence-electron chi connectivity index (χ1n) is 6.02. The molecule has 18 heavy (non-hydrogen) atoms. The van der Waals surface area contributed by atoms with Gasteiger partial charge in [-0.3, -0.25) is 0 Å². The fourth-order valence-electron chi connectivity index (χ4n) is 1.56. The van der Waals surface area contributed by atoms with Crippen molar-refractivity contribution in [3.8, 4) is 0 Å². The SMILES string of the molecule is C=Cc1cc(C(=O)OCCCCCC=O)c(C)o1. The van der Waals surface area contributed by atoms with Gasteiger partial charge in [-0.2, -0.15) is 0 Å². The molecule has 0 aliphatic heterocycles. The van der Waals surface area contributed by atoms with Gasteiger partial charge in [-0.25, -0.2) is 4.79 Å². The molecule has 0 aromatic carbocycles. The molecule has 4 nitrogen and oxygen atoms in total. The molecule has 0 aliphatic carbocycles. The Morgan fingerprint density at radius 3 is 2.83 bits per heavy atom.